The van der Waals surface area contributed by atoms with Gasteiger partial charge in [0.05, 0.1) is 32.4 Å². The molecule has 29 heavy (non-hydrogen) atoms. The summed E-state index contributed by atoms with van der Waals surface area (Å²) in [6.07, 6.45) is 2.37. The Morgan fingerprint density at radius 2 is 1.83 bits per heavy atom. The van der Waals surface area contributed by atoms with Crippen LogP contribution in [0.25, 0.3) is 0 Å². The average Bonchev–Trinajstić information content (AvgIpc) is 2.68. The average molecular weight is 421 g/mol. The molecule has 1 atom stereocenters. The van der Waals surface area contributed by atoms with E-state index in [0.717, 1.165) is 10.6 Å². The van der Waals surface area contributed by atoms with Crippen LogP contribution in [0.5, 0.6) is 17.2 Å². The van der Waals surface area contributed by atoms with Gasteiger partial charge >= 0.3 is 0 Å². The summed E-state index contributed by atoms with van der Waals surface area (Å²) in [5.41, 5.74) is 3.22. The monoisotopic (exact) mass is 421 g/mol. The normalized spacial score (nSPS) is 12.4. The van der Waals surface area contributed by atoms with Crippen molar-refractivity contribution in [1.29, 1.82) is 0 Å². The Kier molecular flexibility index (Phi) is 7.05. The zero-order valence-electron chi connectivity index (χ0n) is 16.5. The number of carbonyl (C=O) groups is 1. The zero-order chi connectivity index (χ0) is 21.6. The standard InChI is InChI=1S/C19H23N3O6S/c1-13(22(29(4,25)26)15-6-8-16(27-2)9-7-15)19(24)21-20-12-14-5-10-17(23)18(11-14)28-3/h5-13,23H,1-4H3,(H,21,24)/b20-12-/t13-/m0/s1. The van der Waals surface area contributed by atoms with Crippen LogP contribution in [-0.2, 0) is 14.8 Å². The molecule has 2 aromatic rings. The van der Waals surface area contributed by atoms with Crippen LogP contribution in [0.3, 0.4) is 0 Å². The Balaban J connectivity index is 2.16. The molecular formula is C19H23N3O6S. The van der Waals surface area contributed by atoms with E-state index in [1.165, 1.54) is 39.5 Å². The lowest BCUT2D eigenvalue weighted by Gasteiger charge is -2.27. The first-order chi connectivity index (χ1) is 13.7. The number of ether oxygens (including phenoxy) is 2. The summed E-state index contributed by atoms with van der Waals surface area (Å²) in [6.45, 7) is 1.46. The number of amides is 1. The number of phenolic OH excluding ortho intramolecular Hbond substituents is 1. The Morgan fingerprint density at radius 3 is 2.38 bits per heavy atom. The number of rotatable bonds is 8. The molecule has 0 aliphatic heterocycles. The van der Waals surface area contributed by atoms with Crippen molar-refractivity contribution in [3.8, 4) is 17.2 Å². The summed E-state index contributed by atoms with van der Waals surface area (Å²) in [5.74, 6) is 0.184. The van der Waals surface area contributed by atoms with Gasteiger partial charge in [-0.15, -0.1) is 0 Å². The zero-order valence-corrected chi connectivity index (χ0v) is 17.3. The first kappa shape index (κ1) is 22.0. The van der Waals surface area contributed by atoms with Gasteiger partial charge in [-0.3, -0.25) is 9.10 Å². The van der Waals surface area contributed by atoms with Crippen molar-refractivity contribution in [2.24, 2.45) is 5.10 Å². The summed E-state index contributed by atoms with van der Waals surface area (Å²) < 4.78 is 35.6. The number of aromatic hydroxyl groups is 1. The number of hydrogen-bond donors (Lipinski definition) is 2. The van der Waals surface area contributed by atoms with E-state index < -0.39 is 22.0 Å². The second-order valence-corrected chi connectivity index (χ2v) is 7.96. The quantitative estimate of drug-likeness (QED) is 0.495. The van der Waals surface area contributed by atoms with Gasteiger partial charge in [-0.05, 0) is 55.0 Å². The maximum absolute atomic E-state index is 12.5. The molecule has 10 heteroatoms. The molecule has 9 nitrogen and oxygen atoms in total. The van der Waals surface area contributed by atoms with Gasteiger partial charge in [-0.1, -0.05) is 0 Å². The number of carbonyl (C=O) groups excluding carboxylic acids is 1. The first-order valence-corrected chi connectivity index (χ1v) is 10.4. The fourth-order valence-corrected chi connectivity index (χ4v) is 3.75. The number of anilines is 1. The fraction of sp³-hybridized carbons (Fsp3) is 0.263. The number of phenols is 1. The van der Waals surface area contributed by atoms with E-state index in [2.05, 4.69) is 10.5 Å². The molecule has 2 aromatic carbocycles. The molecule has 0 saturated carbocycles. The van der Waals surface area contributed by atoms with Gasteiger partial charge in [0, 0.05) is 0 Å². The molecule has 0 fully saturated rings. The predicted molar refractivity (Wildman–Crippen MR) is 110 cm³/mol. The number of benzene rings is 2. The lowest BCUT2D eigenvalue weighted by Crippen LogP contribution is -2.46. The van der Waals surface area contributed by atoms with Gasteiger partial charge in [0.2, 0.25) is 10.0 Å². The summed E-state index contributed by atoms with van der Waals surface area (Å²) >= 11 is 0. The van der Waals surface area contributed by atoms with E-state index in [1.54, 1.807) is 30.3 Å². The molecule has 0 aliphatic rings. The number of sulfonamides is 1. The highest BCUT2D eigenvalue weighted by Crippen LogP contribution is 2.26. The lowest BCUT2D eigenvalue weighted by molar-refractivity contribution is -0.121. The molecule has 2 N–H and O–H groups in total. The number of methoxy groups -OCH3 is 2. The largest absolute Gasteiger partial charge is 0.504 e. The van der Waals surface area contributed by atoms with Gasteiger partial charge < -0.3 is 14.6 Å². The van der Waals surface area contributed by atoms with E-state index in [0.29, 0.717) is 17.0 Å². The summed E-state index contributed by atoms with van der Waals surface area (Å²) in [7, 11) is -0.821. The van der Waals surface area contributed by atoms with Crippen molar-refractivity contribution in [3.63, 3.8) is 0 Å². The molecule has 0 saturated heterocycles. The number of hydrogen-bond acceptors (Lipinski definition) is 7. The summed E-state index contributed by atoms with van der Waals surface area (Å²) in [6, 6.07) is 9.81. The Bertz CT molecular complexity index is 990. The molecule has 1 amide bonds. The van der Waals surface area contributed by atoms with Crippen LogP contribution in [0, 0.1) is 0 Å². The van der Waals surface area contributed by atoms with E-state index in [1.807, 2.05) is 0 Å². The van der Waals surface area contributed by atoms with Gasteiger partial charge in [-0.2, -0.15) is 5.10 Å². The second kappa shape index (κ2) is 9.28. The molecule has 2 rings (SSSR count). The van der Waals surface area contributed by atoms with Gasteiger partial charge in [-0.25, -0.2) is 13.8 Å². The highest BCUT2D eigenvalue weighted by atomic mass is 32.2. The van der Waals surface area contributed by atoms with Crippen LogP contribution in [0.1, 0.15) is 12.5 Å². The van der Waals surface area contributed by atoms with Crippen molar-refractivity contribution in [1.82, 2.24) is 5.43 Å². The molecule has 0 radical (unpaired) electrons. The molecule has 0 aliphatic carbocycles. The summed E-state index contributed by atoms with van der Waals surface area (Å²) in [5, 5.41) is 13.4. The molecule has 0 spiro atoms. The third-order valence-corrected chi connectivity index (χ3v) is 5.25. The molecular weight excluding hydrogens is 398 g/mol. The van der Waals surface area contributed by atoms with Gasteiger partial charge in [0.15, 0.2) is 11.5 Å². The Hall–Kier alpha value is -3.27. The van der Waals surface area contributed by atoms with Crippen molar-refractivity contribution in [2.75, 3.05) is 24.8 Å². The summed E-state index contributed by atoms with van der Waals surface area (Å²) in [4.78, 5) is 12.5. The molecule has 0 heterocycles. The van der Waals surface area contributed by atoms with Crippen molar-refractivity contribution < 1.29 is 27.8 Å². The predicted octanol–water partition coefficient (Wildman–Crippen LogP) is 1.71. The highest BCUT2D eigenvalue weighted by Gasteiger charge is 2.29. The Labute approximate surface area is 169 Å². The van der Waals surface area contributed by atoms with Crippen molar-refractivity contribution in [2.45, 2.75) is 13.0 Å². The van der Waals surface area contributed by atoms with Gasteiger partial charge in [0.25, 0.3) is 5.91 Å². The van der Waals surface area contributed by atoms with Crippen LogP contribution < -0.4 is 19.2 Å². The SMILES string of the molecule is COc1ccc(N([C@@H](C)C(=O)N/N=C\c2ccc(O)c(OC)c2)S(C)(=O)=O)cc1. The maximum Gasteiger partial charge on any atom is 0.263 e. The molecule has 156 valence electrons. The molecule has 0 unspecified atom stereocenters. The van der Waals surface area contributed by atoms with E-state index in [4.69, 9.17) is 9.47 Å². The smallest absolute Gasteiger partial charge is 0.263 e. The second-order valence-electron chi connectivity index (χ2n) is 6.10. The van der Waals surface area contributed by atoms with Crippen molar-refractivity contribution >= 4 is 27.8 Å². The maximum atomic E-state index is 12.5. The van der Waals surface area contributed by atoms with E-state index in [-0.39, 0.29) is 11.5 Å². The highest BCUT2D eigenvalue weighted by molar-refractivity contribution is 7.92. The number of hydrazone groups is 1. The van der Waals surface area contributed by atoms with E-state index >= 15 is 0 Å². The first-order valence-electron chi connectivity index (χ1n) is 8.50. The van der Waals surface area contributed by atoms with Gasteiger partial charge in [0.1, 0.15) is 11.8 Å². The number of nitrogens with zero attached hydrogens (tertiary/aromatic N) is 2. The minimum Gasteiger partial charge on any atom is -0.504 e. The van der Waals surface area contributed by atoms with Crippen LogP contribution in [0.4, 0.5) is 5.69 Å². The molecule has 0 bridgehead atoms. The third-order valence-electron chi connectivity index (χ3n) is 4.01. The van der Waals surface area contributed by atoms with Crippen LogP contribution in [0.15, 0.2) is 47.6 Å². The van der Waals surface area contributed by atoms with Crippen LogP contribution >= 0.6 is 0 Å². The lowest BCUT2D eigenvalue weighted by atomic mass is 10.2. The molecule has 0 aromatic heterocycles. The minimum atomic E-state index is -3.74. The van der Waals surface area contributed by atoms with Crippen LogP contribution in [0.2, 0.25) is 0 Å². The topological polar surface area (TPSA) is 118 Å². The van der Waals surface area contributed by atoms with Crippen molar-refractivity contribution in [3.05, 3.63) is 48.0 Å². The third kappa shape index (κ3) is 5.61. The Morgan fingerprint density at radius 1 is 1.17 bits per heavy atom. The number of nitrogens with one attached hydrogen (secondary N) is 1. The minimum absolute atomic E-state index is 0.0226. The van der Waals surface area contributed by atoms with E-state index in [9.17, 15) is 18.3 Å². The fourth-order valence-electron chi connectivity index (χ4n) is 2.58. The van der Waals surface area contributed by atoms with Crippen LogP contribution in [-0.4, -0.2) is 52.2 Å².